The number of nitrogens with one attached hydrogen (secondary N) is 1. The molecule has 1 N–H and O–H groups in total. The molecule has 0 radical (unpaired) electrons. The predicted octanol–water partition coefficient (Wildman–Crippen LogP) is 2.15. The van der Waals surface area contributed by atoms with E-state index in [-0.39, 0.29) is 18.2 Å². The van der Waals surface area contributed by atoms with E-state index in [1.54, 1.807) is 47.4 Å². The summed E-state index contributed by atoms with van der Waals surface area (Å²) in [6.45, 7) is 3.19. The maximum absolute atomic E-state index is 12.7. The molecule has 1 atom stereocenters. The van der Waals surface area contributed by atoms with Gasteiger partial charge in [0.05, 0.1) is 12.7 Å². The lowest BCUT2D eigenvalue weighted by Gasteiger charge is -2.16. The van der Waals surface area contributed by atoms with Crippen molar-refractivity contribution in [3.63, 3.8) is 0 Å². The van der Waals surface area contributed by atoms with Gasteiger partial charge in [-0.2, -0.15) is 0 Å². The lowest BCUT2D eigenvalue weighted by Crippen LogP contribution is -2.34. The third-order valence-electron chi connectivity index (χ3n) is 5.06. The molecule has 1 heterocycles. The summed E-state index contributed by atoms with van der Waals surface area (Å²) in [4.78, 5) is 50.4. The number of amides is 2. The number of hydrogen-bond donors (Lipinski definition) is 1. The molecule has 0 aromatic heterocycles. The third kappa shape index (κ3) is 4.91. The fraction of sp³-hybridized carbons (Fsp3) is 0.304. The zero-order chi connectivity index (χ0) is 22.5. The maximum Gasteiger partial charge on any atom is 0.326 e. The maximum atomic E-state index is 12.7. The molecule has 2 aromatic carbocycles. The van der Waals surface area contributed by atoms with Crippen LogP contribution in [0, 0.1) is 0 Å². The second kappa shape index (κ2) is 9.42. The molecular formula is C23H24N2O6. The number of ketones is 1. The second-order valence-electron chi connectivity index (χ2n) is 7.14. The number of ether oxygens (including phenoxy) is 2. The Labute approximate surface area is 180 Å². The van der Waals surface area contributed by atoms with Crippen LogP contribution in [0.5, 0.6) is 5.75 Å². The number of rotatable bonds is 7. The van der Waals surface area contributed by atoms with Crippen LogP contribution >= 0.6 is 0 Å². The topological polar surface area (TPSA) is 102 Å². The number of esters is 1. The number of benzene rings is 2. The first kappa shape index (κ1) is 22.0. The van der Waals surface area contributed by atoms with E-state index in [9.17, 15) is 19.2 Å². The Morgan fingerprint density at radius 2 is 1.87 bits per heavy atom. The average molecular weight is 424 g/mol. The average Bonchev–Trinajstić information content (AvgIpc) is 3.20. The van der Waals surface area contributed by atoms with Crippen LogP contribution in [0.1, 0.15) is 40.1 Å². The Bertz CT molecular complexity index is 1030. The van der Waals surface area contributed by atoms with Gasteiger partial charge < -0.3 is 19.7 Å². The van der Waals surface area contributed by atoms with Crippen LogP contribution in [-0.4, -0.2) is 49.9 Å². The molecular weight excluding hydrogens is 400 g/mol. The minimum atomic E-state index is -1.01. The highest BCUT2D eigenvalue weighted by Gasteiger charge is 2.25. The van der Waals surface area contributed by atoms with Gasteiger partial charge in [-0.15, -0.1) is 0 Å². The van der Waals surface area contributed by atoms with Crippen molar-refractivity contribution in [3.05, 3.63) is 59.2 Å². The predicted molar refractivity (Wildman–Crippen MR) is 113 cm³/mol. The molecule has 0 saturated carbocycles. The highest BCUT2D eigenvalue weighted by Crippen LogP contribution is 2.29. The largest absolute Gasteiger partial charge is 0.496 e. The van der Waals surface area contributed by atoms with E-state index in [1.165, 1.54) is 21.0 Å². The number of para-hydroxylation sites is 1. The highest BCUT2D eigenvalue weighted by atomic mass is 16.5. The summed E-state index contributed by atoms with van der Waals surface area (Å²) in [6, 6.07) is 11.7. The first-order valence-corrected chi connectivity index (χ1v) is 9.87. The summed E-state index contributed by atoms with van der Waals surface area (Å²) in [5.41, 5.74) is 2.40. The number of nitrogens with zero attached hydrogens (tertiary/aromatic N) is 1. The van der Waals surface area contributed by atoms with Gasteiger partial charge in [-0.1, -0.05) is 12.1 Å². The Kier molecular flexibility index (Phi) is 6.69. The lowest BCUT2D eigenvalue weighted by molar-refractivity contribution is -0.145. The smallest absolute Gasteiger partial charge is 0.326 e. The van der Waals surface area contributed by atoms with Crippen LogP contribution in [0.3, 0.4) is 0 Å². The van der Waals surface area contributed by atoms with Crippen LogP contribution in [0.25, 0.3) is 0 Å². The van der Waals surface area contributed by atoms with Crippen molar-refractivity contribution in [1.29, 1.82) is 0 Å². The van der Waals surface area contributed by atoms with Crippen molar-refractivity contribution < 1.29 is 28.7 Å². The monoisotopic (exact) mass is 424 g/mol. The summed E-state index contributed by atoms with van der Waals surface area (Å²) in [7, 11) is 1.45. The van der Waals surface area contributed by atoms with E-state index in [0.717, 1.165) is 11.3 Å². The summed E-state index contributed by atoms with van der Waals surface area (Å²) < 4.78 is 10.3. The Morgan fingerprint density at radius 3 is 2.58 bits per heavy atom. The van der Waals surface area contributed by atoms with Gasteiger partial charge in [-0.3, -0.25) is 19.2 Å². The minimum absolute atomic E-state index is 0.0460. The normalized spacial score (nSPS) is 13.2. The van der Waals surface area contributed by atoms with Gasteiger partial charge in [0.15, 0.2) is 6.10 Å². The molecule has 8 heteroatoms. The van der Waals surface area contributed by atoms with Gasteiger partial charge in [0.25, 0.3) is 5.91 Å². The fourth-order valence-corrected chi connectivity index (χ4v) is 3.49. The fourth-order valence-electron chi connectivity index (χ4n) is 3.49. The Hall–Kier alpha value is -3.68. The Balaban J connectivity index is 1.57. The van der Waals surface area contributed by atoms with E-state index in [1.807, 2.05) is 0 Å². The van der Waals surface area contributed by atoms with E-state index in [2.05, 4.69) is 5.32 Å². The van der Waals surface area contributed by atoms with Crippen molar-refractivity contribution in [1.82, 2.24) is 5.32 Å². The highest BCUT2D eigenvalue weighted by molar-refractivity contribution is 6.02. The molecule has 162 valence electrons. The van der Waals surface area contributed by atoms with Crippen molar-refractivity contribution in [3.8, 4) is 5.75 Å². The minimum Gasteiger partial charge on any atom is -0.496 e. The molecule has 0 aliphatic carbocycles. The van der Waals surface area contributed by atoms with Crippen molar-refractivity contribution in [2.45, 2.75) is 26.4 Å². The van der Waals surface area contributed by atoms with Crippen molar-refractivity contribution in [2.24, 2.45) is 0 Å². The van der Waals surface area contributed by atoms with Gasteiger partial charge in [0.2, 0.25) is 11.7 Å². The van der Waals surface area contributed by atoms with Crippen LogP contribution in [0.4, 0.5) is 5.69 Å². The number of carbonyl (C=O) groups is 4. The molecule has 0 spiro atoms. The van der Waals surface area contributed by atoms with Crippen molar-refractivity contribution in [2.75, 3.05) is 25.1 Å². The number of methoxy groups -OCH3 is 1. The SMILES string of the molecule is COc1ccccc1C(=O)NCC(=O)OC(C)C(=O)c1ccc2c(c1)CCN2C(C)=O. The number of anilines is 1. The van der Waals surface area contributed by atoms with Crippen LogP contribution in [0.15, 0.2) is 42.5 Å². The summed E-state index contributed by atoms with van der Waals surface area (Å²) in [6.07, 6.45) is -0.349. The molecule has 1 aliphatic heterocycles. The Morgan fingerprint density at radius 1 is 1.13 bits per heavy atom. The van der Waals surface area contributed by atoms with E-state index in [4.69, 9.17) is 9.47 Å². The zero-order valence-corrected chi connectivity index (χ0v) is 17.6. The van der Waals surface area contributed by atoms with E-state index >= 15 is 0 Å². The quantitative estimate of drug-likeness (QED) is 0.540. The number of fused-ring (bicyclic) bond motifs is 1. The third-order valence-corrected chi connectivity index (χ3v) is 5.06. The standard InChI is InChI=1S/C23H24N2O6/c1-14(22(28)17-8-9-19-16(12-17)10-11-25(19)15(2)26)31-21(27)13-24-23(29)18-6-4-5-7-20(18)30-3/h4-9,12,14H,10-11,13H2,1-3H3,(H,24,29). The van der Waals surface area contributed by atoms with Crippen LogP contribution < -0.4 is 15.0 Å². The molecule has 0 saturated heterocycles. The molecule has 2 amide bonds. The molecule has 0 bridgehead atoms. The number of Topliss-reactive ketones (excluding diaryl/α,β-unsaturated/α-hetero) is 1. The second-order valence-corrected chi connectivity index (χ2v) is 7.14. The molecule has 3 rings (SSSR count). The van der Waals surface area contributed by atoms with Gasteiger partial charge in [-0.25, -0.2) is 0 Å². The summed E-state index contributed by atoms with van der Waals surface area (Å²) in [5.74, 6) is -1.23. The molecule has 1 unspecified atom stereocenters. The van der Waals surface area contributed by atoms with Crippen LogP contribution in [-0.2, 0) is 20.7 Å². The van der Waals surface area contributed by atoms with Gasteiger partial charge in [0, 0.05) is 24.7 Å². The number of carbonyl (C=O) groups excluding carboxylic acids is 4. The molecule has 2 aromatic rings. The first-order valence-electron chi connectivity index (χ1n) is 9.87. The van der Waals surface area contributed by atoms with Gasteiger partial charge in [-0.05, 0) is 49.2 Å². The zero-order valence-electron chi connectivity index (χ0n) is 17.6. The van der Waals surface area contributed by atoms with Crippen molar-refractivity contribution >= 4 is 29.3 Å². The lowest BCUT2D eigenvalue weighted by atomic mass is 10.0. The van der Waals surface area contributed by atoms with Gasteiger partial charge in [0.1, 0.15) is 12.3 Å². The van der Waals surface area contributed by atoms with Crippen LogP contribution in [0.2, 0.25) is 0 Å². The molecule has 1 aliphatic rings. The number of hydrogen-bond acceptors (Lipinski definition) is 6. The molecule has 0 fully saturated rings. The molecule has 8 nitrogen and oxygen atoms in total. The van der Waals surface area contributed by atoms with E-state index in [0.29, 0.717) is 29.8 Å². The summed E-state index contributed by atoms with van der Waals surface area (Å²) in [5, 5.41) is 2.46. The van der Waals surface area contributed by atoms with Gasteiger partial charge >= 0.3 is 5.97 Å². The first-order chi connectivity index (χ1) is 14.8. The molecule has 31 heavy (non-hydrogen) atoms. The van der Waals surface area contributed by atoms with E-state index < -0.39 is 18.0 Å². The summed E-state index contributed by atoms with van der Waals surface area (Å²) >= 11 is 0.